The lowest BCUT2D eigenvalue weighted by Crippen LogP contribution is -2.36. The van der Waals surface area contributed by atoms with Crippen LogP contribution in [-0.2, 0) is 10.0 Å². The molecule has 0 saturated carbocycles. The van der Waals surface area contributed by atoms with E-state index in [1.807, 2.05) is 0 Å². The maximum absolute atomic E-state index is 13.0. The summed E-state index contributed by atoms with van der Waals surface area (Å²) in [6, 6.07) is 3.14. The largest absolute Gasteiger partial charge is 0.252 e. The molecule has 0 fully saturated rings. The first-order valence-corrected chi connectivity index (χ1v) is 7.95. The highest BCUT2D eigenvalue weighted by atomic mass is 79.9. The fourth-order valence-corrected chi connectivity index (χ4v) is 3.89. The summed E-state index contributed by atoms with van der Waals surface area (Å²) >= 11 is 3.02. The summed E-state index contributed by atoms with van der Waals surface area (Å²) in [4.78, 5) is -0.157. The van der Waals surface area contributed by atoms with Crippen molar-refractivity contribution in [3.63, 3.8) is 0 Å². The fraction of sp³-hybridized carbons (Fsp3) is 0.455. The molecule has 0 aliphatic heterocycles. The molecule has 1 rings (SSSR count). The van der Waals surface area contributed by atoms with E-state index in [0.717, 1.165) is 18.2 Å². The van der Waals surface area contributed by atoms with Crippen LogP contribution < -0.4 is 0 Å². The van der Waals surface area contributed by atoms with Gasteiger partial charge in [0.2, 0.25) is 10.0 Å². The van der Waals surface area contributed by atoms with Crippen molar-refractivity contribution in [2.45, 2.75) is 18.2 Å². The number of aryl methyl sites for hydroxylation is 1. The van der Waals surface area contributed by atoms with Gasteiger partial charge in [0.1, 0.15) is 5.82 Å². The molecule has 108 valence electrons. The Balaban J connectivity index is 3.18. The van der Waals surface area contributed by atoms with Gasteiger partial charge in [-0.15, -0.1) is 0 Å². The summed E-state index contributed by atoms with van der Waals surface area (Å²) in [5.74, 6) is -0.572. The molecule has 0 aliphatic carbocycles. The van der Waals surface area contributed by atoms with Crippen LogP contribution in [0, 0.1) is 12.7 Å². The number of hydrogen-bond donors (Lipinski definition) is 0. The van der Waals surface area contributed by atoms with Gasteiger partial charge in [0.15, 0.2) is 0 Å². The first kappa shape index (κ1) is 16.5. The number of sulfonamides is 1. The quantitative estimate of drug-likeness (QED) is 0.732. The zero-order valence-corrected chi connectivity index (χ0v) is 12.5. The van der Waals surface area contributed by atoms with E-state index in [2.05, 4.69) is 15.9 Å². The molecule has 1 aromatic carbocycles. The standard InChI is InChI=1S/C11H13BrF3NO2S/c1-8-6-9(13)2-3-10(8)19(17,18)16(5-4-12)7-11(14)15/h2-3,6,11H,4-5,7H2,1H3. The van der Waals surface area contributed by atoms with Gasteiger partial charge in [0.05, 0.1) is 11.4 Å². The van der Waals surface area contributed by atoms with Crippen molar-refractivity contribution >= 4 is 26.0 Å². The fourth-order valence-electron chi connectivity index (χ4n) is 1.60. The van der Waals surface area contributed by atoms with Crippen molar-refractivity contribution in [2.75, 3.05) is 18.4 Å². The van der Waals surface area contributed by atoms with Crippen molar-refractivity contribution in [3.8, 4) is 0 Å². The van der Waals surface area contributed by atoms with Gasteiger partial charge in [-0.25, -0.2) is 21.6 Å². The third kappa shape index (κ3) is 4.19. The molecule has 8 heteroatoms. The number of alkyl halides is 3. The average molecular weight is 360 g/mol. The van der Waals surface area contributed by atoms with Crippen LogP contribution >= 0.6 is 15.9 Å². The molecule has 0 amide bonds. The van der Waals surface area contributed by atoms with Crippen LogP contribution in [0.15, 0.2) is 23.1 Å². The third-order valence-corrected chi connectivity index (χ3v) is 4.81. The van der Waals surface area contributed by atoms with Crippen LogP contribution in [0.4, 0.5) is 13.2 Å². The molecule has 0 atom stereocenters. The SMILES string of the molecule is Cc1cc(F)ccc1S(=O)(=O)N(CCBr)CC(F)F. The highest BCUT2D eigenvalue weighted by Gasteiger charge is 2.28. The maximum atomic E-state index is 13.0. The van der Waals surface area contributed by atoms with Gasteiger partial charge in [0.25, 0.3) is 6.43 Å². The topological polar surface area (TPSA) is 37.4 Å². The van der Waals surface area contributed by atoms with Crippen LogP contribution in [0.25, 0.3) is 0 Å². The minimum absolute atomic E-state index is 0.0799. The van der Waals surface area contributed by atoms with Crippen LogP contribution in [0.5, 0.6) is 0 Å². The molecule has 0 aromatic heterocycles. The van der Waals surface area contributed by atoms with Gasteiger partial charge in [0, 0.05) is 11.9 Å². The van der Waals surface area contributed by atoms with E-state index >= 15 is 0 Å². The Bertz CT molecular complexity index is 537. The van der Waals surface area contributed by atoms with Gasteiger partial charge in [-0.3, -0.25) is 0 Å². The second kappa shape index (κ2) is 6.71. The van der Waals surface area contributed by atoms with Crippen LogP contribution in [0.1, 0.15) is 5.56 Å². The number of nitrogens with zero attached hydrogens (tertiary/aromatic N) is 1. The molecule has 0 N–H and O–H groups in total. The molecule has 1 aromatic rings. The second-order valence-corrected chi connectivity index (χ2v) is 6.55. The van der Waals surface area contributed by atoms with Crippen molar-refractivity contribution in [2.24, 2.45) is 0 Å². The van der Waals surface area contributed by atoms with Gasteiger partial charge < -0.3 is 0 Å². The molecule has 0 bridgehead atoms. The van der Waals surface area contributed by atoms with Crippen LogP contribution in [-0.4, -0.2) is 37.6 Å². The number of halogens is 4. The summed E-state index contributed by atoms with van der Waals surface area (Å²) in [5.41, 5.74) is 0.189. The third-order valence-electron chi connectivity index (χ3n) is 2.43. The van der Waals surface area contributed by atoms with Crippen molar-refractivity contribution in [1.82, 2.24) is 4.31 Å². The molecule has 0 radical (unpaired) electrons. The Morgan fingerprint density at radius 3 is 2.47 bits per heavy atom. The molecule has 0 saturated heterocycles. The summed E-state index contributed by atoms with van der Waals surface area (Å²) in [7, 11) is -4.05. The van der Waals surface area contributed by atoms with E-state index in [0.29, 0.717) is 4.31 Å². The zero-order chi connectivity index (χ0) is 14.6. The monoisotopic (exact) mass is 359 g/mol. The van der Waals surface area contributed by atoms with E-state index < -0.39 is 28.8 Å². The average Bonchev–Trinajstić information content (AvgIpc) is 2.27. The summed E-state index contributed by atoms with van der Waals surface area (Å²) in [6.07, 6.45) is -2.77. The lowest BCUT2D eigenvalue weighted by atomic mass is 10.2. The van der Waals surface area contributed by atoms with E-state index in [9.17, 15) is 21.6 Å². The number of benzene rings is 1. The highest BCUT2D eigenvalue weighted by Crippen LogP contribution is 2.21. The van der Waals surface area contributed by atoms with E-state index in [-0.39, 0.29) is 22.3 Å². The van der Waals surface area contributed by atoms with E-state index in [4.69, 9.17) is 0 Å². The van der Waals surface area contributed by atoms with Crippen molar-refractivity contribution in [1.29, 1.82) is 0 Å². The smallest absolute Gasteiger partial charge is 0.209 e. The first-order valence-electron chi connectivity index (χ1n) is 5.39. The Kier molecular flexibility index (Phi) is 5.82. The predicted molar refractivity (Wildman–Crippen MR) is 69.7 cm³/mol. The molecule has 19 heavy (non-hydrogen) atoms. The Labute approximate surface area is 118 Å². The molecule has 3 nitrogen and oxygen atoms in total. The van der Waals surface area contributed by atoms with Gasteiger partial charge in [-0.05, 0) is 30.7 Å². The zero-order valence-electron chi connectivity index (χ0n) is 10.1. The number of hydrogen-bond acceptors (Lipinski definition) is 2. The Hall–Kier alpha value is -0.600. The molecule has 0 aliphatic rings. The van der Waals surface area contributed by atoms with E-state index in [1.165, 1.54) is 6.92 Å². The van der Waals surface area contributed by atoms with Gasteiger partial charge >= 0.3 is 0 Å². The maximum Gasteiger partial charge on any atom is 0.252 e. The number of rotatable bonds is 6. The van der Waals surface area contributed by atoms with Crippen molar-refractivity contribution in [3.05, 3.63) is 29.6 Å². The van der Waals surface area contributed by atoms with Crippen LogP contribution in [0.3, 0.4) is 0 Å². The van der Waals surface area contributed by atoms with E-state index in [1.54, 1.807) is 0 Å². The van der Waals surface area contributed by atoms with Gasteiger partial charge in [-0.1, -0.05) is 15.9 Å². The summed E-state index contributed by atoms with van der Waals surface area (Å²) in [5, 5.41) is 0.235. The normalized spacial score (nSPS) is 12.4. The van der Waals surface area contributed by atoms with Crippen molar-refractivity contribution < 1.29 is 21.6 Å². The molecule has 0 spiro atoms. The predicted octanol–water partition coefficient (Wildman–Crippen LogP) is 2.78. The Morgan fingerprint density at radius 1 is 1.37 bits per heavy atom. The Morgan fingerprint density at radius 2 is 2.00 bits per heavy atom. The molecular weight excluding hydrogens is 347 g/mol. The summed E-state index contributed by atoms with van der Waals surface area (Å²) in [6.45, 7) is 0.457. The minimum Gasteiger partial charge on any atom is -0.209 e. The van der Waals surface area contributed by atoms with Gasteiger partial charge in [-0.2, -0.15) is 4.31 Å². The second-order valence-electron chi connectivity index (χ2n) is 3.85. The molecular formula is C11H13BrF3NO2S. The molecule has 0 unspecified atom stereocenters. The minimum atomic E-state index is -4.05. The lowest BCUT2D eigenvalue weighted by Gasteiger charge is -2.21. The highest BCUT2D eigenvalue weighted by molar-refractivity contribution is 9.09. The first-order chi connectivity index (χ1) is 8.78. The summed E-state index contributed by atoms with van der Waals surface area (Å²) < 4.78 is 63.0. The van der Waals surface area contributed by atoms with Crippen LogP contribution in [0.2, 0.25) is 0 Å². The molecule has 0 heterocycles. The lowest BCUT2D eigenvalue weighted by molar-refractivity contribution is 0.121.